The molecular formula is C15H20FN3O. The van der Waals surface area contributed by atoms with Crippen LogP contribution in [0.25, 0.3) is 0 Å². The summed E-state index contributed by atoms with van der Waals surface area (Å²) in [4.78, 5) is 16.7. The fraction of sp³-hybridized carbons (Fsp3) is 0.533. The topological polar surface area (TPSA) is 35.6 Å². The fourth-order valence-corrected chi connectivity index (χ4v) is 3.33. The molecule has 0 saturated carbocycles. The van der Waals surface area contributed by atoms with Crippen LogP contribution < -0.4 is 5.32 Å². The predicted octanol–water partition coefficient (Wildman–Crippen LogP) is 2.53. The van der Waals surface area contributed by atoms with Crippen LogP contribution in [-0.2, 0) is 0 Å². The molecule has 0 aliphatic carbocycles. The van der Waals surface area contributed by atoms with E-state index in [1.54, 1.807) is 12.1 Å². The Morgan fingerprint density at radius 1 is 1.30 bits per heavy atom. The fourth-order valence-electron chi connectivity index (χ4n) is 3.33. The van der Waals surface area contributed by atoms with E-state index in [9.17, 15) is 9.18 Å². The summed E-state index contributed by atoms with van der Waals surface area (Å²) in [6.45, 7) is 1.96. The van der Waals surface area contributed by atoms with Gasteiger partial charge in [0.05, 0.1) is 0 Å². The molecule has 1 aromatic rings. The van der Waals surface area contributed by atoms with Gasteiger partial charge in [0, 0.05) is 24.3 Å². The molecule has 2 fully saturated rings. The minimum Gasteiger partial charge on any atom is -0.317 e. The molecule has 20 heavy (non-hydrogen) atoms. The van der Waals surface area contributed by atoms with Gasteiger partial charge in [-0.3, -0.25) is 0 Å². The summed E-state index contributed by atoms with van der Waals surface area (Å²) in [6.07, 6.45) is 3.16. The number of benzene rings is 1. The molecule has 3 rings (SSSR count). The average Bonchev–Trinajstić information content (AvgIpc) is 2.70. The average molecular weight is 277 g/mol. The molecule has 108 valence electrons. The predicted molar refractivity (Wildman–Crippen MR) is 76.2 cm³/mol. The molecule has 0 unspecified atom stereocenters. The van der Waals surface area contributed by atoms with Crippen molar-refractivity contribution in [3.8, 4) is 0 Å². The van der Waals surface area contributed by atoms with Gasteiger partial charge in [0.2, 0.25) is 0 Å². The molecule has 1 aromatic carbocycles. The smallest absolute Gasteiger partial charge is 0.317 e. The van der Waals surface area contributed by atoms with Crippen LogP contribution in [0, 0.1) is 5.82 Å². The van der Waals surface area contributed by atoms with Crippen LogP contribution in [0.15, 0.2) is 24.3 Å². The summed E-state index contributed by atoms with van der Waals surface area (Å²) in [5.41, 5.74) is 0.520. The molecule has 2 amide bonds. The lowest BCUT2D eigenvalue weighted by Gasteiger charge is -2.28. The molecule has 2 heterocycles. The maximum Gasteiger partial charge on any atom is 0.322 e. The summed E-state index contributed by atoms with van der Waals surface area (Å²) in [5.74, 6) is -0.332. The van der Waals surface area contributed by atoms with Gasteiger partial charge in [-0.15, -0.1) is 0 Å². The Balaban J connectivity index is 1.73. The van der Waals surface area contributed by atoms with E-state index in [1.165, 1.54) is 12.1 Å². The molecule has 0 spiro atoms. The number of nitrogens with zero attached hydrogens (tertiary/aromatic N) is 2. The number of fused-ring (bicyclic) bond motifs is 2. The number of hydrogen-bond acceptors (Lipinski definition) is 2. The van der Waals surface area contributed by atoms with E-state index in [0.29, 0.717) is 11.7 Å². The SMILES string of the molecule is CN1CC[C@H]2CC[C@H](C1)N2C(=O)Nc1cccc(F)c1. The van der Waals surface area contributed by atoms with Crippen LogP contribution >= 0.6 is 0 Å². The zero-order valence-electron chi connectivity index (χ0n) is 11.7. The largest absolute Gasteiger partial charge is 0.322 e. The van der Waals surface area contributed by atoms with Crippen molar-refractivity contribution in [3.63, 3.8) is 0 Å². The number of carbonyl (C=O) groups excluding carboxylic acids is 1. The van der Waals surface area contributed by atoms with Crippen LogP contribution in [0.4, 0.5) is 14.9 Å². The Morgan fingerprint density at radius 2 is 2.10 bits per heavy atom. The number of nitrogens with one attached hydrogen (secondary N) is 1. The van der Waals surface area contributed by atoms with E-state index >= 15 is 0 Å². The number of likely N-dealkylation sites (N-methyl/N-ethyl adjacent to an activating group) is 1. The maximum absolute atomic E-state index is 13.2. The molecule has 5 heteroatoms. The highest BCUT2D eigenvalue weighted by molar-refractivity contribution is 5.90. The van der Waals surface area contributed by atoms with Gasteiger partial charge in [-0.1, -0.05) is 6.07 Å². The lowest BCUT2D eigenvalue weighted by atomic mass is 10.1. The van der Waals surface area contributed by atoms with Crippen LogP contribution in [0.5, 0.6) is 0 Å². The van der Waals surface area contributed by atoms with E-state index in [2.05, 4.69) is 17.3 Å². The third-order valence-electron chi connectivity index (χ3n) is 4.30. The van der Waals surface area contributed by atoms with Crippen molar-refractivity contribution in [1.82, 2.24) is 9.80 Å². The Morgan fingerprint density at radius 3 is 2.90 bits per heavy atom. The molecule has 2 atom stereocenters. The summed E-state index contributed by atoms with van der Waals surface area (Å²) in [6, 6.07) is 6.55. The molecule has 2 saturated heterocycles. The normalized spacial score (nSPS) is 26.4. The van der Waals surface area contributed by atoms with Crippen molar-refractivity contribution in [2.24, 2.45) is 0 Å². The first-order valence-corrected chi connectivity index (χ1v) is 7.17. The van der Waals surface area contributed by atoms with Crippen molar-refractivity contribution in [3.05, 3.63) is 30.1 Å². The van der Waals surface area contributed by atoms with Crippen molar-refractivity contribution in [1.29, 1.82) is 0 Å². The molecule has 0 radical (unpaired) electrons. The third-order valence-corrected chi connectivity index (χ3v) is 4.30. The van der Waals surface area contributed by atoms with Gasteiger partial charge in [0.15, 0.2) is 0 Å². The van der Waals surface area contributed by atoms with Crippen LogP contribution in [-0.4, -0.2) is 48.1 Å². The van der Waals surface area contributed by atoms with Gasteiger partial charge >= 0.3 is 6.03 Å². The zero-order chi connectivity index (χ0) is 14.1. The number of likely N-dealkylation sites (tertiary alicyclic amines) is 1. The number of anilines is 1. The summed E-state index contributed by atoms with van der Waals surface area (Å²) in [5, 5.41) is 2.82. The molecule has 2 aliphatic heterocycles. The Kier molecular flexibility index (Phi) is 3.61. The van der Waals surface area contributed by atoms with E-state index in [0.717, 1.165) is 32.4 Å². The number of halogens is 1. The lowest BCUT2D eigenvalue weighted by Crippen LogP contribution is -2.45. The first-order chi connectivity index (χ1) is 9.63. The Labute approximate surface area is 118 Å². The van der Waals surface area contributed by atoms with Gasteiger partial charge in [-0.05, 0) is 51.1 Å². The van der Waals surface area contributed by atoms with E-state index < -0.39 is 0 Å². The quantitative estimate of drug-likeness (QED) is 0.856. The highest BCUT2D eigenvalue weighted by Gasteiger charge is 2.39. The molecular weight excluding hydrogens is 257 g/mol. The van der Waals surface area contributed by atoms with Crippen LogP contribution in [0.1, 0.15) is 19.3 Å². The monoisotopic (exact) mass is 277 g/mol. The van der Waals surface area contributed by atoms with Crippen molar-refractivity contribution in [2.75, 3.05) is 25.5 Å². The minimum atomic E-state index is -0.332. The van der Waals surface area contributed by atoms with Crippen molar-refractivity contribution in [2.45, 2.75) is 31.3 Å². The summed E-state index contributed by atoms with van der Waals surface area (Å²) in [7, 11) is 2.10. The Bertz CT molecular complexity index is 508. The molecule has 2 aliphatic rings. The summed E-state index contributed by atoms with van der Waals surface area (Å²) < 4.78 is 13.2. The number of rotatable bonds is 1. The van der Waals surface area contributed by atoms with Crippen LogP contribution in [0.3, 0.4) is 0 Å². The highest BCUT2D eigenvalue weighted by Crippen LogP contribution is 2.30. The van der Waals surface area contributed by atoms with Crippen LogP contribution in [0.2, 0.25) is 0 Å². The van der Waals surface area contributed by atoms with Gasteiger partial charge in [0.1, 0.15) is 5.82 Å². The number of amides is 2. The van der Waals surface area contributed by atoms with Crippen molar-refractivity contribution >= 4 is 11.7 Å². The zero-order valence-corrected chi connectivity index (χ0v) is 11.7. The second-order valence-corrected chi connectivity index (χ2v) is 5.78. The second kappa shape index (κ2) is 5.40. The first kappa shape index (κ1) is 13.4. The molecule has 1 N–H and O–H groups in total. The van der Waals surface area contributed by atoms with E-state index in [4.69, 9.17) is 0 Å². The van der Waals surface area contributed by atoms with Gasteiger partial charge in [-0.2, -0.15) is 0 Å². The van der Waals surface area contributed by atoms with Gasteiger partial charge in [0.25, 0.3) is 0 Å². The van der Waals surface area contributed by atoms with Gasteiger partial charge in [-0.25, -0.2) is 9.18 Å². The first-order valence-electron chi connectivity index (χ1n) is 7.17. The number of urea groups is 1. The molecule has 2 bridgehead atoms. The molecule has 0 aromatic heterocycles. The van der Waals surface area contributed by atoms with E-state index in [1.807, 2.05) is 4.90 Å². The van der Waals surface area contributed by atoms with Crippen molar-refractivity contribution < 1.29 is 9.18 Å². The molecule has 4 nitrogen and oxygen atoms in total. The summed E-state index contributed by atoms with van der Waals surface area (Å²) >= 11 is 0. The second-order valence-electron chi connectivity index (χ2n) is 5.78. The standard InChI is InChI=1S/C15H20FN3O/c1-18-8-7-13-5-6-14(10-18)19(13)15(20)17-12-4-2-3-11(16)9-12/h2-4,9,13-14H,5-8,10H2,1H3,(H,17,20)/t13-,14-/m1/s1. The van der Waals surface area contributed by atoms with Gasteiger partial charge < -0.3 is 15.1 Å². The minimum absolute atomic E-state index is 0.0987. The lowest BCUT2D eigenvalue weighted by molar-refractivity contribution is 0.186. The highest BCUT2D eigenvalue weighted by atomic mass is 19.1. The number of hydrogen-bond donors (Lipinski definition) is 1. The third kappa shape index (κ3) is 2.63. The Hall–Kier alpha value is -1.62. The number of carbonyl (C=O) groups is 1. The van der Waals surface area contributed by atoms with E-state index in [-0.39, 0.29) is 17.9 Å². The maximum atomic E-state index is 13.2.